The van der Waals surface area contributed by atoms with Crippen LogP contribution in [0.15, 0.2) is 129 Å². The second kappa shape index (κ2) is 19.5. The van der Waals surface area contributed by atoms with E-state index in [0.717, 1.165) is 36.4 Å². The number of carbonyl (C=O) groups is 5. The number of amides is 6. The molecule has 4 aromatic carbocycles. The van der Waals surface area contributed by atoms with Crippen LogP contribution in [0.25, 0.3) is 21.5 Å². The van der Waals surface area contributed by atoms with Crippen molar-refractivity contribution in [3.8, 4) is 0 Å². The number of hydrogen-bond acceptors (Lipinski definition) is 13. The van der Waals surface area contributed by atoms with Crippen LogP contribution in [-0.4, -0.2) is 99.8 Å². The SMILES string of the molecule is Cn1cc(NC(=O)Nc2cc(C(=O)Nc3cc(C(=O)Nc4cc5ccc(S(=O)(=O)O)cc5cc4S(=O)(=O)O)n(C)c3)n(C)c2)cc1C(=O)Nc1cc(C(=O)Nc2cc3ccc(S(=O)(=O)O)cc3cc2S(=O)(=O)O)n(C)c1. The summed E-state index contributed by atoms with van der Waals surface area (Å²) in [5.41, 5.74) is -0.207. The maximum Gasteiger partial charge on any atom is 0.323 e. The van der Waals surface area contributed by atoms with Gasteiger partial charge in [-0.3, -0.25) is 37.4 Å². The first-order valence-electron chi connectivity index (χ1n) is 21.4. The van der Waals surface area contributed by atoms with Crippen LogP contribution >= 0.6 is 0 Å². The molecule has 0 radical (unpaired) electrons. The number of urea groups is 1. The Balaban J connectivity index is 0.886. The molecule has 6 amide bonds. The Morgan fingerprint density at radius 3 is 0.934 bits per heavy atom. The highest BCUT2D eigenvalue weighted by molar-refractivity contribution is 7.86. The van der Waals surface area contributed by atoms with Gasteiger partial charge in [-0.2, -0.15) is 33.7 Å². The van der Waals surface area contributed by atoms with Gasteiger partial charge in [-0.25, -0.2) is 4.79 Å². The molecule has 396 valence electrons. The summed E-state index contributed by atoms with van der Waals surface area (Å²) in [6, 6.07) is 15.2. The highest BCUT2D eigenvalue weighted by Gasteiger charge is 2.25. The van der Waals surface area contributed by atoms with Gasteiger partial charge >= 0.3 is 6.03 Å². The van der Waals surface area contributed by atoms with E-state index in [-0.39, 0.29) is 78.4 Å². The van der Waals surface area contributed by atoms with E-state index in [2.05, 4.69) is 31.9 Å². The molecule has 0 bridgehead atoms. The molecule has 27 nitrogen and oxygen atoms in total. The smallest absolute Gasteiger partial charge is 0.323 e. The molecule has 0 aliphatic carbocycles. The van der Waals surface area contributed by atoms with Gasteiger partial charge in [-0.05, 0) is 94.3 Å². The maximum absolute atomic E-state index is 13.4. The lowest BCUT2D eigenvalue weighted by molar-refractivity contribution is 0.101. The molecule has 10 N–H and O–H groups in total. The van der Waals surface area contributed by atoms with Crippen molar-refractivity contribution >= 4 is 126 Å². The van der Waals surface area contributed by atoms with E-state index in [1.165, 1.54) is 120 Å². The van der Waals surface area contributed by atoms with E-state index in [1.54, 1.807) is 0 Å². The van der Waals surface area contributed by atoms with Crippen LogP contribution in [0.2, 0.25) is 0 Å². The lowest BCUT2D eigenvalue weighted by atomic mass is 10.1. The number of benzene rings is 4. The fourth-order valence-electron chi connectivity index (χ4n) is 7.94. The molecule has 8 aromatic rings. The molecule has 0 saturated carbocycles. The average Bonchev–Trinajstić information content (AvgIpc) is 4.08. The molecule has 0 fully saturated rings. The zero-order chi connectivity index (χ0) is 55.6. The Morgan fingerprint density at radius 2 is 0.645 bits per heavy atom. The molecular formula is C45H40N10O17S4. The van der Waals surface area contributed by atoms with Gasteiger partial charge in [0.15, 0.2) is 0 Å². The van der Waals surface area contributed by atoms with Crippen molar-refractivity contribution in [3.05, 3.63) is 132 Å². The number of aromatic nitrogens is 4. The standard InChI is InChI=1S/C45H40N10O17S4/c1-52-19-27(15-37(52)43(58)50-33-11-23-5-7-31(73(61,62)63)9-25(23)13-39(33)75(67,68)69)46-41(56)35-17-29(21-54(35)3)48-45(60)49-30-18-36(55(4)22-30)42(57)47-28-16-38(53(2)20-28)44(59)51-34-12-24-6-8-32(74(64,65)66)10-26(24)14-40(34)76(70,71)72/h5-22H,1-4H3,(H,46,56)(H,47,57)(H,50,58)(H,51,59)(H2,48,49,60)(H,61,62,63)(H,64,65,66)(H,67,68,69)(H,70,71,72). The molecule has 76 heavy (non-hydrogen) atoms. The number of fused-ring (bicyclic) bond motifs is 2. The second-order valence-electron chi connectivity index (χ2n) is 16.9. The highest BCUT2D eigenvalue weighted by Crippen LogP contribution is 2.32. The Bertz CT molecular complexity index is 4020. The third-order valence-corrected chi connectivity index (χ3v) is 14.9. The molecule has 0 saturated heterocycles. The minimum atomic E-state index is -4.99. The summed E-state index contributed by atoms with van der Waals surface area (Å²) in [6.45, 7) is 0. The van der Waals surface area contributed by atoms with Crippen molar-refractivity contribution in [2.45, 2.75) is 19.6 Å². The summed E-state index contributed by atoms with van der Waals surface area (Å²) in [5.74, 6) is -3.10. The van der Waals surface area contributed by atoms with Gasteiger partial charge in [0, 0.05) is 53.0 Å². The minimum absolute atomic E-state index is 0.00530. The van der Waals surface area contributed by atoms with Crippen molar-refractivity contribution in [2.24, 2.45) is 28.2 Å². The van der Waals surface area contributed by atoms with E-state index in [4.69, 9.17) is 0 Å². The molecule has 0 aliphatic heterocycles. The first-order valence-corrected chi connectivity index (χ1v) is 27.1. The first kappa shape index (κ1) is 53.6. The summed E-state index contributed by atoms with van der Waals surface area (Å²) in [6.07, 6.45) is 5.62. The Hall–Kier alpha value is -8.69. The lowest BCUT2D eigenvalue weighted by Crippen LogP contribution is -2.18. The van der Waals surface area contributed by atoms with Crippen LogP contribution < -0.4 is 31.9 Å². The summed E-state index contributed by atoms with van der Waals surface area (Å²) in [7, 11) is -13.3. The van der Waals surface area contributed by atoms with Crippen LogP contribution in [-0.2, 0) is 68.7 Å². The molecule has 31 heteroatoms. The summed E-state index contributed by atoms with van der Waals surface area (Å²) >= 11 is 0. The van der Waals surface area contributed by atoms with Crippen molar-refractivity contribution < 1.29 is 75.9 Å². The molecule has 0 atom stereocenters. The molecule has 0 aliphatic rings. The molecule has 4 heterocycles. The number of carbonyl (C=O) groups excluding carboxylic acids is 5. The van der Waals surface area contributed by atoms with E-state index in [0.29, 0.717) is 0 Å². The topological polar surface area (TPSA) is 395 Å². The third kappa shape index (κ3) is 11.5. The summed E-state index contributed by atoms with van der Waals surface area (Å²) in [5, 5.41) is 15.7. The number of anilines is 6. The van der Waals surface area contributed by atoms with Crippen LogP contribution in [0, 0.1) is 0 Å². The Kier molecular flexibility index (Phi) is 13.8. The van der Waals surface area contributed by atoms with Gasteiger partial charge in [0.05, 0.1) is 43.9 Å². The predicted molar refractivity (Wildman–Crippen MR) is 273 cm³/mol. The largest absolute Gasteiger partial charge is 0.344 e. The van der Waals surface area contributed by atoms with E-state index >= 15 is 0 Å². The Labute approximate surface area is 430 Å². The Morgan fingerprint density at radius 1 is 0.355 bits per heavy atom. The minimum Gasteiger partial charge on any atom is -0.344 e. The quantitative estimate of drug-likeness (QED) is 0.0641. The van der Waals surface area contributed by atoms with E-state index < -0.39 is 89.7 Å². The summed E-state index contributed by atoms with van der Waals surface area (Å²) in [4.78, 5) is 64.2. The highest BCUT2D eigenvalue weighted by atomic mass is 32.2. The van der Waals surface area contributed by atoms with Gasteiger partial charge in [-0.1, -0.05) is 12.1 Å². The zero-order valence-corrected chi connectivity index (χ0v) is 42.7. The van der Waals surface area contributed by atoms with Crippen LogP contribution in [0.5, 0.6) is 0 Å². The zero-order valence-electron chi connectivity index (χ0n) is 39.4. The van der Waals surface area contributed by atoms with E-state index in [9.17, 15) is 75.9 Å². The van der Waals surface area contributed by atoms with Gasteiger partial charge in [0.2, 0.25) is 0 Å². The van der Waals surface area contributed by atoms with Crippen molar-refractivity contribution in [3.63, 3.8) is 0 Å². The van der Waals surface area contributed by atoms with Gasteiger partial charge in [0.1, 0.15) is 32.6 Å². The number of rotatable bonds is 14. The van der Waals surface area contributed by atoms with Crippen molar-refractivity contribution in [1.82, 2.24) is 18.3 Å². The fraction of sp³-hybridized carbons (Fsp3) is 0.0889. The molecule has 4 aromatic heterocycles. The number of nitrogens with one attached hydrogen (secondary N) is 6. The second-order valence-corrected chi connectivity index (χ2v) is 22.5. The molecule has 0 spiro atoms. The van der Waals surface area contributed by atoms with Gasteiger partial charge < -0.3 is 50.2 Å². The van der Waals surface area contributed by atoms with Crippen LogP contribution in [0.1, 0.15) is 42.0 Å². The van der Waals surface area contributed by atoms with Gasteiger partial charge in [-0.15, -0.1) is 0 Å². The monoisotopic (exact) mass is 1120 g/mol. The van der Waals surface area contributed by atoms with Gasteiger partial charge in [0.25, 0.3) is 64.1 Å². The molecular weight excluding hydrogens is 1080 g/mol. The molecule has 0 unspecified atom stereocenters. The van der Waals surface area contributed by atoms with Crippen molar-refractivity contribution in [1.29, 1.82) is 0 Å². The molecule has 8 rings (SSSR count). The maximum atomic E-state index is 13.4. The third-order valence-electron chi connectivity index (χ3n) is 11.5. The lowest BCUT2D eigenvalue weighted by Gasteiger charge is -2.12. The average molecular weight is 1120 g/mol. The number of nitrogens with zero attached hydrogens (tertiary/aromatic N) is 4. The fourth-order valence-corrected chi connectivity index (χ4v) is 10.3. The van der Waals surface area contributed by atoms with E-state index in [1.807, 2.05) is 0 Å². The normalized spacial score (nSPS) is 12.1. The van der Waals surface area contributed by atoms with Crippen LogP contribution in [0.4, 0.5) is 38.9 Å². The first-order chi connectivity index (χ1) is 35.3. The predicted octanol–water partition coefficient (Wildman–Crippen LogP) is 4.99. The summed E-state index contributed by atoms with van der Waals surface area (Å²) < 4.78 is 140. The number of aryl methyl sites for hydroxylation is 4. The van der Waals surface area contributed by atoms with Crippen LogP contribution in [0.3, 0.4) is 0 Å². The van der Waals surface area contributed by atoms with Crippen molar-refractivity contribution in [2.75, 3.05) is 31.9 Å². The number of hydrogen-bond donors (Lipinski definition) is 10.